The molecular weight excluding hydrogens is 322 g/mol. The first-order chi connectivity index (χ1) is 12.6. The second-order valence-electron chi connectivity index (χ2n) is 6.29. The minimum Gasteiger partial charge on any atom is -0.385 e. The van der Waals surface area contributed by atoms with Crippen molar-refractivity contribution in [2.45, 2.75) is 20.3 Å². The second kappa shape index (κ2) is 8.30. The lowest BCUT2D eigenvalue weighted by atomic mass is 10.1. The van der Waals surface area contributed by atoms with Crippen LogP contribution in [0.25, 0.3) is 0 Å². The fourth-order valence-corrected chi connectivity index (χ4v) is 2.73. The van der Waals surface area contributed by atoms with Gasteiger partial charge in [0, 0.05) is 24.1 Å². The molecule has 0 spiro atoms. The highest BCUT2D eigenvalue weighted by Crippen LogP contribution is 2.19. The summed E-state index contributed by atoms with van der Waals surface area (Å²) in [6.07, 6.45) is 2.58. The lowest BCUT2D eigenvalue weighted by Gasteiger charge is -2.11. The maximum atomic E-state index is 12.5. The third kappa shape index (κ3) is 4.48. The zero-order chi connectivity index (χ0) is 18.4. The van der Waals surface area contributed by atoms with Crippen LogP contribution in [0.5, 0.6) is 0 Å². The van der Waals surface area contributed by atoms with Crippen molar-refractivity contribution in [1.82, 2.24) is 4.98 Å². The normalized spacial score (nSPS) is 10.4. The molecule has 4 heteroatoms. The summed E-state index contributed by atoms with van der Waals surface area (Å²) in [4.78, 5) is 16.7. The van der Waals surface area contributed by atoms with E-state index in [2.05, 4.69) is 27.8 Å². The minimum atomic E-state index is -0.203. The van der Waals surface area contributed by atoms with Gasteiger partial charge in [0.15, 0.2) is 0 Å². The van der Waals surface area contributed by atoms with Gasteiger partial charge in [-0.05, 0) is 55.2 Å². The number of pyridine rings is 1. The first-order valence-corrected chi connectivity index (χ1v) is 8.75. The lowest BCUT2D eigenvalue weighted by Crippen LogP contribution is -2.15. The average Bonchev–Trinajstić information content (AvgIpc) is 2.66. The number of benzene rings is 2. The summed E-state index contributed by atoms with van der Waals surface area (Å²) in [7, 11) is 0. The fraction of sp³-hybridized carbons (Fsp3) is 0.182. The maximum absolute atomic E-state index is 12.5. The summed E-state index contributed by atoms with van der Waals surface area (Å²) in [6.45, 7) is 4.83. The third-order valence-corrected chi connectivity index (χ3v) is 4.43. The van der Waals surface area contributed by atoms with Crippen LogP contribution in [0.4, 0.5) is 11.4 Å². The molecule has 4 nitrogen and oxygen atoms in total. The Labute approximate surface area is 154 Å². The number of aromatic nitrogens is 1. The van der Waals surface area contributed by atoms with Gasteiger partial charge in [0.1, 0.15) is 5.69 Å². The molecule has 0 fully saturated rings. The van der Waals surface area contributed by atoms with E-state index >= 15 is 0 Å². The van der Waals surface area contributed by atoms with Crippen molar-refractivity contribution in [3.05, 3.63) is 89.2 Å². The Kier molecular flexibility index (Phi) is 5.64. The summed E-state index contributed by atoms with van der Waals surface area (Å²) >= 11 is 0. The Morgan fingerprint density at radius 1 is 1.00 bits per heavy atom. The zero-order valence-corrected chi connectivity index (χ0v) is 15.1. The van der Waals surface area contributed by atoms with Crippen LogP contribution in [0.2, 0.25) is 0 Å². The SMILES string of the molecule is Cc1cccc(NC(=O)c2cc(NCCc3ccccc3)ccn2)c1C. The van der Waals surface area contributed by atoms with Gasteiger partial charge in [0.05, 0.1) is 0 Å². The number of carbonyl (C=O) groups excluding carboxylic acids is 1. The van der Waals surface area contributed by atoms with Gasteiger partial charge in [-0.3, -0.25) is 9.78 Å². The molecule has 0 bridgehead atoms. The predicted octanol–water partition coefficient (Wildman–Crippen LogP) is 4.61. The predicted molar refractivity (Wildman–Crippen MR) is 107 cm³/mol. The maximum Gasteiger partial charge on any atom is 0.274 e. The Hall–Kier alpha value is -3.14. The number of amides is 1. The standard InChI is InChI=1S/C22H23N3O/c1-16-7-6-10-20(17(16)2)25-22(26)21-15-19(12-14-24-21)23-13-11-18-8-4-3-5-9-18/h3-10,12,14-15H,11,13H2,1-2H3,(H,23,24)(H,25,26). The van der Waals surface area contributed by atoms with E-state index in [0.717, 1.165) is 35.5 Å². The summed E-state index contributed by atoms with van der Waals surface area (Å²) < 4.78 is 0. The van der Waals surface area contributed by atoms with Gasteiger partial charge in [0.2, 0.25) is 0 Å². The molecule has 3 rings (SSSR count). The van der Waals surface area contributed by atoms with Crippen LogP contribution in [0.15, 0.2) is 66.9 Å². The summed E-state index contributed by atoms with van der Waals surface area (Å²) in [5.74, 6) is -0.203. The quantitative estimate of drug-likeness (QED) is 0.686. The fourth-order valence-electron chi connectivity index (χ4n) is 2.73. The molecule has 0 aliphatic heterocycles. The van der Waals surface area contributed by atoms with E-state index in [9.17, 15) is 4.79 Å². The van der Waals surface area contributed by atoms with Crippen LogP contribution in [0.1, 0.15) is 27.2 Å². The number of carbonyl (C=O) groups is 1. The second-order valence-corrected chi connectivity index (χ2v) is 6.29. The third-order valence-electron chi connectivity index (χ3n) is 4.43. The van der Waals surface area contributed by atoms with Gasteiger partial charge < -0.3 is 10.6 Å². The lowest BCUT2D eigenvalue weighted by molar-refractivity contribution is 0.102. The zero-order valence-electron chi connectivity index (χ0n) is 15.1. The van der Waals surface area contributed by atoms with Crippen LogP contribution in [0, 0.1) is 13.8 Å². The molecule has 0 aliphatic rings. The highest BCUT2D eigenvalue weighted by Gasteiger charge is 2.10. The Bertz CT molecular complexity index is 891. The smallest absolute Gasteiger partial charge is 0.274 e. The van der Waals surface area contributed by atoms with Gasteiger partial charge >= 0.3 is 0 Å². The van der Waals surface area contributed by atoms with Crippen molar-refractivity contribution in [3.8, 4) is 0 Å². The molecule has 0 saturated carbocycles. The van der Waals surface area contributed by atoms with Crippen molar-refractivity contribution in [2.24, 2.45) is 0 Å². The van der Waals surface area contributed by atoms with Crippen molar-refractivity contribution in [1.29, 1.82) is 0 Å². The van der Waals surface area contributed by atoms with Gasteiger partial charge in [-0.15, -0.1) is 0 Å². The molecule has 1 amide bonds. The number of rotatable bonds is 6. The van der Waals surface area contributed by atoms with Crippen molar-refractivity contribution in [2.75, 3.05) is 17.2 Å². The monoisotopic (exact) mass is 345 g/mol. The van der Waals surface area contributed by atoms with Crippen molar-refractivity contribution < 1.29 is 4.79 Å². The van der Waals surface area contributed by atoms with Gasteiger partial charge in [-0.2, -0.15) is 0 Å². The first-order valence-electron chi connectivity index (χ1n) is 8.75. The molecular formula is C22H23N3O. The van der Waals surface area contributed by atoms with E-state index < -0.39 is 0 Å². The van der Waals surface area contributed by atoms with E-state index in [1.54, 1.807) is 12.3 Å². The summed E-state index contributed by atoms with van der Waals surface area (Å²) in [5, 5.41) is 6.30. The van der Waals surface area contributed by atoms with Gasteiger partial charge in [-0.25, -0.2) is 0 Å². The molecule has 3 aromatic rings. The summed E-state index contributed by atoms with van der Waals surface area (Å²) in [5.41, 5.74) is 5.60. The molecule has 0 aliphatic carbocycles. The Balaban J connectivity index is 1.63. The van der Waals surface area contributed by atoms with E-state index in [1.807, 2.05) is 56.3 Å². The largest absolute Gasteiger partial charge is 0.385 e. The van der Waals surface area contributed by atoms with Crippen LogP contribution in [-0.4, -0.2) is 17.4 Å². The number of hydrogen-bond acceptors (Lipinski definition) is 3. The Morgan fingerprint density at radius 2 is 1.81 bits per heavy atom. The molecule has 0 atom stereocenters. The molecule has 1 aromatic heterocycles. The number of nitrogens with one attached hydrogen (secondary N) is 2. The molecule has 1 heterocycles. The topological polar surface area (TPSA) is 54.0 Å². The van der Waals surface area contributed by atoms with E-state index in [4.69, 9.17) is 0 Å². The number of nitrogens with zero attached hydrogens (tertiary/aromatic N) is 1. The molecule has 132 valence electrons. The van der Waals surface area contributed by atoms with Crippen molar-refractivity contribution in [3.63, 3.8) is 0 Å². The van der Waals surface area contributed by atoms with Gasteiger partial charge in [-0.1, -0.05) is 42.5 Å². The number of aryl methyl sites for hydroxylation is 1. The molecule has 0 saturated heterocycles. The summed E-state index contributed by atoms with van der Waals surface area (Å²) in [6, 6.07) is 19.8. The van der Waals surface area contributed by atoms with E-state index in [0.29, 0.717) is 5.69 Å². The average molecular weight is 345 g/mol. The minimum absolute atomic E-state index is 0.203. The van der Waals surface area contributed by atoms with Gasteiger partial charge in [0.25, 0.3) is 5.91 Å². The molecule has 26 heavy (non-hydrogen) atoms. The highest BCUT2D eigenvalue weighted by molar-refractivity contribution is 6.03. The number of hydrogen-bond donors (Lipinski definition) is 2. The van der Waals surface area contributed by atoms with E-state index in [1.165, 1.54) is 5.56 Å². The Morgan fingerprint density at radius 3 is 2.62 bits per heavy atom. The molecule has 2 aromatic carbocycles. The van der Waals surface area contributed by atoms with Crippen molar-refractivity contribution >= 4 is 17.3 Å². The molecule has 2 N–H and O–H groups in total. The molecule has 0 radical (unpaired) electrons. The van der Waals surface area contributed by atoms with Crippen LogP contribution < -0.4 is 10.6 Å². The van der Waals surface area contributed by atoms with E-state index in [-0.39, 0.29) is 5.91 Å². The number of anilines is 2. The highest BCUT2D eigenvalue weighted by atomic mass is 16.1. The van der Waals surface area contributed by atoms with Crippen LogP contribution in [0.3, 0.4) is 0 Å². The first kappa shape index (κ1) is 17.7. The van der Waals surface area contributed by atoms with Crippen LogP contribution >= 0.6 is 0 Å². The molecule has 0 unspecified atom stereocenters. The van der Waals surface area contributed by atoms with Crippen LogP contribution in [-0.2, 0) is 6.42 Å².